The van der Waals surface area contributed by atoms with E-state index in [0.717, 1.165) is 12.0 Å². The van der Waals surface area contributed by atoms with Crippen molar-refractivity contribution >= 4 is 35.7 Å². The average molecular weight is 386 g/mol. The minimum absolute atomic E-state index is 0.0214. The predicted octanol–water partition coefficient (Wildman–Crippen LogP) is 4.57. The Labute approximate surface area is 160 Å². The zero-order valence-electron chi connectivity index (χ0n) is 13.9. The van der Waals surface area contributed by atoms with Crippen LogP contribution in [-0.2, 0) is 6.42 Å². The van der Waals surface area contributed by atoms with Crippen molar-refractivity contribution in [2.24, 2.45) is 4.99 Å². The van der Waals surface area contributed by atoms with Crippen molar-refractivity contribution in [2.75, 3.05) is 0 Å². The number of hydrogen-bond acceptors (Lipinski definition) is 4. The van der Waals surface area contributed by atoms with Crippen molar-refractivity contribution in [1.29, 1.82) is 0 Å². The van der Waals surface area contributed by atoms with Gasteiger partial charge in [-0.05, 0) is 60.6 Å². The highest BCUT2D eigenvalue weighted by Crippen LogP contribution is 2.21. The maximum absolute atomic E-state index is 12.2. The van der Waals surface area contributed by atoms with Crippen LogP contribution in [0.15, 0.2) is 58.3 Å². The van der Waals surface area contributed by atoms with E-state index in [1.807, 2.05) is 24.3 Å². The van der Waals surface area contributed by atoms with Gasteiger partial charge in [0.1, 0.15) is 5.56 Å². The van der Waals surface area contributed by atoms with Crippen LogP contribution < -0.4 is 5.56 Å². The molecule has 7 heteroatoms. The van der Waals surface area contributed by atoms with Gasteiger partial charge in [-0.3, -0.25) is 19.3 Å². The van der Waals surface area contributed by atoms with Crippen molar-refractivity contribution in [3.8, 4) is 11.6 Å². The van der Waals surface area contributed by atoms with E-state index in [-0.39, 0.29) is 16.2 Å². The third-order valence-electron chi connectivity index (χ3n) is 3.89. The quantitative estimate of drug-likeness (QED) is 0.510. The van der Waals surface area contributed by atoms with Gasteiger partial charge in [0.25, 0.3) is 5.56 Å². The van der Waals surface area contributed by atoms with Gasteiger partial charge >= 0.3 is 0 Å². The van der Waals surface area contributed by atoms with Gasteiger partial charge in [0.2, 0.25) is 5.88 Å². The minimum Gasteiger partial charge on any atom is -0.494 e. The predicted molar refractivity (Wildman–Crippen MR) is 107 cm³/mol. The smallest absolute Gasteiger partial charge is 0.264 e. The van der Waals surface area contributed by atoms with Crippen LogP contribution in [-0.4, -0.2) is 20.9 Å². The minimum atomic E-state index is -0.508. The monoisotopic (exact) mass is 385 g/mol. The van der Waals surface area contributed by atoms with Crippen LogP contribution in [0.2, 0.25) is 5.02 Å². The lowest BCUT2D eigenvalue weighted by atomic mass is 10.1. The van der Waals surface area contributed by atoms with Gasteiger partial charge in [-0.25, -0.2) is 0 Å². The largest absolute Gasteiger partial charge is 0.494 e. The highest BCUT2D eigenvalue weighted by molar-refractivity contribution is 7.71. The lowest BCUT2D eigenvalue weighted by Gasteiger charge is -2.11. The SMILES string of the molecule is CCc1ccc(-n2c(O)c(C=Nc3ccc(Cl)cc3)c(=O)[nH]c2=S)cc1. The van der Waals surface area contributed by atoms with E-state index in [1.165, 1.54) is 10.8 Å². The molecule has 3 aromatic rings. The molecule has 2 N–H and O–H groups in total. The van der Waals surface area contributed by atoms with Gasteiger partial charge in [-0.1, -0.05) is 30.7 Å². The lowest BCUT2D eigenvalue weighted by molar-refractivity contribution is 0.432. The molecule has 3 rings (SSSR count). The molecule has 0 saturated heterocycles. The number of rotatable bonds is 4. The Hall–Kier alpha value is -2.70. The van der Waals surface area contributed by atoms with E-state index in [4.69, 9.17) is 23.8 Å². The zero-order valence-corrected chi connectivity index (χ0v) is 15.5. The second-order valence-electron chi connectivity index (χ2n) is 5.59. The van der Waals surface area contributed by atoms with Crippen molar-refractivity contribution < 1.29 is 5.11 Å². The van der Waals surface area contributed by atoms with Crippen molar-refractivity contribution in [1.82, 2.24) is 9.55 Å². The number of aryl methyl sites for hydroxylation is 1. The summed E-state index contributed by atoms with van der Waals surface area (Å²) in [6.45, 7) is 2.06. The third kappa shape index (κ3) is 3.76. The number of aromatic nitrogens is 2. The molecule has 0 amide bonds. The van der Waals surface area contributed by atoms with E-state index in [9.17, 15) is 9.90 Å². The maximum atomic E-state index is 12.2. The highest BCUT2D eigenvalue weighted by Gasteiger charge is 2.12. The van der Waals surface area contributed by atoms with Gasteiger partial charge < -0.3 is 5.11 Å². The molecule has 0 spiro atoms. The second kappa shape index (κ2) is 7.68. The maximum Gasteiger partial charge on any atom is 0.264 e. The van der Waals surface area contributed by atoms with Gasteiger partial charge in [0.15, 0.2) is 4.77 Å². The van der Waals surface area contributed by atoms with Crippen LogP contribution in [0.3, 0.4) is 0 Å². The molecule has 26 heavy (non-hydrogen) atoms. The van der Waals surface area contributed by atoms with E-state index in [0.29, 0.717) is 16.4 Å². The molecule has 0 atom stereocenters. The van der Waals surface area contributed by atoms with E-state index < -0.39 is 5.56 Å². The molecule has 0 unspecified atom stereocenters. The van der Waals surface area contributed by atoms with Gasteiger partial charge in [-0.2, -0.15) is 0 Å². The Kier molecular flexibility index (Phi) is 5.35. The fourth-order valence-electron chi connectivity index (χ4n) is 2.44. The summed E-state index contributed by atoms with van der Waals surface area (Å²) >= 11 is 11.1. The molecule has 0 saturated carbocycles. The molecule has 0 aliphatic heterocycles. The van der Waals surface area contributed by atoms with E-state index in [2.05, 4.69) is 16.9 Å². The fraction of sp³-hybridized carbons (Fsp3) is 0.105. The summed E-state index contributed by atoms with van der Waals surface area (Å²) < 4.78 is 1.51. The topological polar surface area (TPSA) is 70.4 Å². The molecule has 5 nitrogen and oxygen atoms in total. The molecular weight excluding hydrogens is 370 g/mol. The van der Waals surface area contributed by atoms with Crippen LogP contribution in [0, 0.1) is 4.77 Å². The molecule has 1 heterocycles. The van der Waals surface area contributed by atoms with Crippen molar-refractivity contribution in [3.05, 3.63) is 79.8 Å². The van der Waals surface area contributed by atoms with E-state index >= 15 is 0 Å². The van der Waals surface area contributed by atoms with Gasteiger partial charge in [0, 0.05) is 11.2 Å². The Morgan fingerprint density at radius 3 is 2.46 bits per heavy atom. The number of halogens is 1. The van der Waals surface area contributed by atoms with Gasteiger partial charge in [-0.15, -0.1) is 0 Å². The number of nitrogens with one attached hydrogen (secondary N) is 1. The van der Waals surface area contributed by atoms with Crippen LogP contribution in [0.5, 0.6) is 5.88 Å². The number of benzene rings is 2. The van der Waals surface area contributed by atoms with Crippen LogP contribution in [0.25, 0.3) is 5.69 Å². The molecule has 0 bridgehead atoms. The molecule has 0 aliphatic carbocycles. The Bertz CT molecular complexity index is 1070. The third-order valence-corrected chi connectivity index (χ3v) is 4.43. The summed E-state index contributed by atoms with van der Waals surface area (Å²) in [5, 5.41) is 11.2. The Balaban J connectivity index is 2.07. The number of H-pyrrole nitrogens is 1. The Morgan fingerprint density at radius 1 is 1.19 bits per heavy atom. The molecular formula is C19H16ClN3O2S. The second-order valence-corrected chi connectivity index (χ2v) is 6.41. The summed E-state index contributed by atoms with van der Waals surface area (Å²) in [6.07, 6.45) is 2.21. The summed E-state index contributed by atoms with van der Waals surface area (Å²) in [7, 11) is 0. The first kappa shape index (κ1) is 18.1. The van der Waals surface area contributed by atoms with Crippen LogP contribution in [0.1, 0.15) is 18.1 Å². The molecule has 0 fully saturated rings. The van der Waals surface area contributed by atoms with Gasteiger partial charge in [0.05, 0.1) is 11.4 Å². The fourth-order valence-corrected chi connectivity index (χ4v) is 2.85. The number of aromatic amines is 1. The van der Waals surface area contributed by atoms with E-state index in [1.54, 1.807) is 24.3 Å². The summed E-state index contributed by atoms with van der Waals surface area (Å²) in [5.41, 5.74) is 1.94. The number of aliphatic imine (C=N–C) groups is 1. The molecule has 132 valence electrons. The molecule has 1 aromatic heterocycles. The zero-order chi connectivity index (χ0) is 18.7. The molecule has 0 aliphatic rings. The average Bonchev–Trinajstić information content (AvgIpc) is 2.63. The number of hydrogen-bond donors (Lipinski definition) is 2. The summed E-state index contributed by atoms with van der Waals surface area (Å²) in [5.74, 6) is -0.263. The lowest BCUT2D eigenvalue weighted by Crippen LogP contribution is -2.18. The van der Waals surface area contributed by atoms with Crippen LogP contribution in [0.4, 0.5) is 5.69 Å². The normalized spacial score (nSPS) is 11.2. The van der Waals surface area contributed by atoms with Crippen molar-refractivity contribution in [3.63, 3.8) is 0 Å². The summed E-state index contributed by atoms with van der Waals surface area (Å²) in [6, 6.07) is 14.4. The molecule has 2 aromatic carbocycles. The first-order valence-corrected chi connectivity index (χ1v) is 8.75. The van der Waals surface area contributed by atoms with Crippen molar-refractivity contribution in [2.45, 2.75) is 13.3 Å². The molecule has 0 radical (unpaired) electrons. The first-order chi connectivity index (χ1) is 12.5. The summed E-state index contributed by atoms with van der Waals surface area (Å²) in [4.78, 5) is 19.0. The van der Waals surface area contributed by atoms with Crippen LogP contribution >= 0.6 is 23.8 Å². The number of nitrogens with zero attached hydrogens (tertiary/aromatic N) is 2. The standard InChI is InChI=1S/C19H16ClN3O2S/c1-2-12-3-9-15(10-4-12)23-18(25)16(17(24)22-19(23)26)11-21-14-7-5-13(20)6-8-14/h3-11,25H,2H2,1H3,(H,22,24,26). The highest BCUT2D eigenvalue weighted by atomic mass is 35.5. The first-order valence-electron chi connectivity index (χ1n) is 7.97. The number of aromatic hydroxyl groups is 1. The Morgan fingerprint density at radius 2 is 1.85 bits per heavy atom.